The topological polar surface area (TPSA) is 57.7 Å². The third kappa shape index (κ3) is 4.81. The van der Waals surface area contributed by atoms with Gasteiger partial charge < -0.3 is 14.2 Å². The fraction of sp³-hybridized carbons (Fsp3) is 0.111. The van der Waals surface area contributed by atoms with Crippen molar-refractivity contribution < 1.29 is 19.0 Å². The number of carbonyl (C=O) groups excluding carboxylic acids is 1. The van der Waals surface area contributed by atoms with E-state index in [0.29, 0.717) is 18.1 Å². The third-order valence-electron chi connectivity index (χ3n) is 5.22. The van der Waals surface area contributed by atoms with Crippen molar-refractivity contribution in [1.29, 1.82) is 0 Å². The van der Waals surface area contributed by atoms with Gasteiger partial charge in [0.05, 0.1) is 18.3 Å². The first kappa shape index (κ1) is 21.0. The SMILES string of the molecule is COC(=O)c1cc2cc(OCc3cccc(OCc4ccc5ccccc5n4)c3)ccc2s1. The van der Waals surface area contributed by atoms with Gasteiger partial charge in [0, 0.05) is 10.1 Å². The lowest BCUT2D eigenvalue weighted by atomic mass is 10.2. The number of benzene rings is 3. The smallest absolute Gasteiger partial charge is 0.348 e. The number of esters is 1. The highest BCUT2D eigenvalue weighted by Crippen LogP contribution is 2.30. The monoisotopic (exact) mass is 455 g/mol. The fourth-order valence-corrected chi connectivity index (χ4v) is 4.51. The van der Waals surface area contributed by atoms with Crippen LogP contribution in [-0.2, 0) is 18.0 Å². The Balaban J connectivity index is 1.23. The zero-order chi connectivity index (χ0) is 22.6. The Kier molecular flexibility index (Phi) is 5.91. The average Bonchev–Trinajstić information content (AvgIpc) is 3.29. The minimum Gasteiger partial charge on any atom is -0.489 e. The molecule has 0 aliphatic rings. The Morgan fingerprint density at radius 2 is 1.67 bits per heavy atom. The Labute approximate surface area is 195 Å². The van der Waals surface area contributed by atoms with Gasteiger partial charge in [-0.3, -0.25) is 0 Å². The Morgan fingerprint density at radius 1 is 0.818 bits per heavy atom. The zero-order valence-electron chi connectivity index (χ0n) is 18.0. The third-order valence-corrected chi connectivity index (χ3v) is 6.32. The van der Waals surface area contributed by atoms with E-state index in [4.69, 9.17) is 14.2 Å². The highest BCUT2D eigenvalue weighted by molar-refractivity contribution is 7.20. The molecule has 2 heterocycles. The molecule has 0 atom stereocenters. The van der Waals surface area contributed by atoms with Crippen molar-refractivity contribution in [2.45, 2.75) is 13.2 Å². The maximum absolute atomic E-state index is 11.8. The molecule has 33 heavy (non-hydrogen) atoms. The van der Waals surface area contributed by atoms with Gasteiger partial charge in [-0.05, 0) is 59.5 Å². The number of hydrogen-bond acceptors (Lipinski definition) is 6. The number of methoxy groups -OCH3 is 1. The molecule has 0 saturated heterocycles. The summed E-state index contributed by atoms with van der Waals surface area (Å²) in [5, 5.41) is 2.07. The average molecular weight is 456 g/mol. The number of ether oxygens (including phenoxy) is 3. The maximum Gasteiger partial charge on any atom is 0.348 e. The Bertz CT molecular complexity index is 1440. The zero-order valence-corrected chi connectivity index (χ0v) is 18.8. The van der Waals surface area contributed by atoms with Crippen LogP contribution in [0.3, 0.4) is 0 Å². The van der Waals surface area contributed by atoms with Crippen LogP contribution in [0.1, 0.15) is 20.9 Å². The number of thiophene rings is 1. The van der Waals surface area contributed by atoms with E-state index in [-0.39, 0.29) is 5.97 Å². The van der Waals surface area contributed by atoms with Crippen molar-refractivity contribution in [2.24, 2.45) is 0 Å². The number of para-hydroxylation sites is 1. The van der Waals surface area contributed by atoms with Crippen molar-refractivity contribution in [1.82, 2.24) is 4.98 Å². The summed E-state index contributed by atoms with van der Waals surface area (Å²) in [4.78, 5) is 17.0. The van der Waals surface area contributed by atoms with Crippen molar-refractivity contribution in [3.8, 4) is 11.5 Å². The fourth-order valence-electron chi connectivity index (χ4n) is 3.55. The van der Waals surface area contributed by atoms with E-state index < -0.39 is 0 Å². The number of rotatable bonds is 7. The molecular weight excluding hydrogens is 434 g/mol. The first-order valence-electron chi connectivity index (χ1n) is 10.5. The van der Waals surface area contributed by atoms with Crippen LogP contribution in [0.4, 0.5) is 0 Å². The molecule has 0 spiro atoms. The van der Waals surface area contributed by atoms with E-state index in [1.807, 2.05) is 78.9 Å². The number of aromatic nitrogens is 1. The molecule has 5 nitrogen and oxygen atoms in total. The highest BCUT2D eigenvalue weighted by atomic mass is 32.1. The van der Waals surface area contributed by atoms with Gasteiger partial charge in [-0.2, -0.15) is 0 Å². The normalized spacial score (nSPS) is 10.9. The highest BCUT2D eigenvalue weighted by Gasteiger charge is 2.11. The van der Waals surface area contributed by atoms with Crippen LogP contribution < -0.4 is 9.47 Å². The number of nitrogens with zero attached hydrogens (tertiary/aromatic N) is 1. The second-order valence-corrected chi connectivity index (χ2v) is 8.61. The van der Waals surface area contributed by atoms with E-state index in [1.54, 1.807) is 0 Å². The van der Waals surface area contributed by atoms with Crippen molar-refractivity contribution >= 4 is 38.3 Å². The van der Waals surface area contributed by atoms with Gasteiger partial charge in [0.2, 0.25) is 0 Å². The summed E-state index contributed by atoms with van der Waals surface area (Å²) in [7, 11) is 1.39. The van der Waals surface area contributed by atoms with Gasteiger partial charge in [0.1, 0.15) is 29.6 Å². The molecule has 5 aromatic rings. The Morgan fingerprint density at radius 3 is 2.58 bits per heavy atom. The molecule has 2 aromatic heterocycles. The first-order valence-corrected chi connectivity index (χ1v) is 11.3. The molecule has 0 unspecified atom stereocenters. The summed E-state index contributed by atoms with van der Waals surface area (Å²) in [6.45, 7) is 0.803. The van der Waals surface area contributed by atoms with Gasteiger partial charge >= 0.3 is 5.97 Å². The molecule has 164 valence electrons. The quantitative estimate of drug-likeness (QED) is 0.266. The number of pyridine rings is 1. The molecule has 0 bridgehead atoms. The van der Waals surface area contributed by atoms with Gasteiger partial charge in [-0.15, -0.1) is 11.3 Å². The van der Waals surface area contributed by atoms with Crippen LogP contribution in [0.25, 0.3) is 21.0 Å². The molecule has 0 saturated carbocycles. The summed E-state index contributed by atoms with van der Waals surface area (Å²) >= 11 is 1.41. The molecule has 0 N–H and O–H groups in total. The second-order valence-electron chi connectivity index (χ2n) is 7.52. The summed E-state index contributed by atoms with van der Waals surface area (Å²) in [6.07, 6.45) is 0. The van der Waals surface area contributed by atoms with Crippen molar-refractivity contribution in [3.63, 3.8) is 0 Å². The first-order chi connectivity index (χ1) is 16.2. The number of hydrogen-bond donors (Lipinski definition) is 0. The van der Waals surface area contributed by atoms with Crippen LogP contribution in [-0.4, -0.2) is 18.1 Å². The van der Waals surface area contributed by atoms with Gasteiger partial charge in [0.25, 0.3) is 0 Å². The van der Waals surface area contributed by atoms with Crippen LogP contribution in [0.5, 0.6) is 11.5 Å². The van der Waals surface area contributed by atoms with E-state index in [0.717, 1.165) is 43.7 Å². The largest absolute Gasteiger partial charge is 0.489 e. The summed E-state index contributed by atoms with van der Waals surface area (Å²) < 4.78 is 17.8. The van der Waals surface area contributed by atoms with Gasteiger partial charge in [0.15, 0.2) is 0 Å². The van der Waals surface area contributed by atoms with E-state index >= 15 is 0 Å². The van der Waals surface area contributed by atoms with E-state index in [2.05, 4.69) is 11.1 Å². The predicted molar refractivity (Wildman–Crippen MR) is 130 cm³/mol. The van der Waals surface area contributed by atoms with Crippen LogP contribution >= 0.6 is 11.3 Å². The van der Waals surface area contributed by atoms with E-state index in [9.17, 15) is 4.79 Å². The molecule has 0 aliphatic heterocycles. The molecule has 6 heteroatoms. The van der Waals surface area contributed by atoms with Crippen molar-refractivity contribution in [3.05, 3.63) is 101 Å². The molecule has 0 aliphatic carbocycles. The molecular formula is C27H21NO4S. The van der Waals surface area contributed by atoms with E-state index in [1.165, 1.54) is 18.4 Å². The second kappa shape index (κ2) is 9.30. The lowest BCUT2D eigenvalue weighted by molar-refractivity contribution is 0.0606. The van der Waals surface area contributed by atoms with Crippen LogP contribution in [0.15, 0.2) is 84.9 Å². The standard InChI is InChI=1S/C27H21NO4S/c1-30-27(29)26-15-20-14-23(11-12-25(20)33-26)31-16-18-5-4-7-22(13-18)32-17-21-10-9-19-6-2-3-8-24(19)28-21/h2-15H,16-17H2,1H3. The lowest BCUT2D eigenvalue weighted by Crippen LogP contribution is -2.00. The minimum atomic E-state index is -0.325. The summed E-state index contributed by atoms with van der Waals surface area (Å²) in [6, 6.07) is 27.6. The summed E-state index contributed by atoms with van der Waals surface area (Å²) in [5.41, 5.74) is 2.84. The maximum atomic E-state index is 11.8. The summed E-state index contributed by atoms with van der Waals surface area (Å²) in [5.74, 6) is 1.18. The number of carbonyl (C=O) groups is 1. The van der Waals surface area contributed by atoms with Gasteiger partial charge in [-0.1, -0.05) is 36.4 Å². The minimum absolute atomic E-state index is 0.325. The lowest BCUT2D eigenvalue weighted by Gasteiger charge is -2.10. The molecule has 5 rings (SSSR count). The predicted octanol–water partition coefficient (Wildman–Crippen LogP) is 6.39. The molecule has 3 aromatic carbocycles. The van der Waals surface area contributed by atoms with Gasteiger partial charge in [-0.25, -0.2) is 9.78 Å². The van der Waals surface area contributed by atoms with Crippen LogP contribution in [0, 0.1) is 0 Å². The molecule has 0 radical (unpaired) electrons. The van der Waals surface area contributed by atoms with Crippen molar-refractivity contribution in [2.75, 3.05) is 7.11 Å². The molecule has 0 amide bonds. The van der Waals surface area contributed by atoms with Crippen LogP contribution in [0.2, 0.25) is 0 Å². The number of fused-ring (bicyclic) bond motifs is 2. The molecule has 0 fully saturated rings. The Hall–Kier alpha value is -3.90.